The Balaban J connectivity index is 2.21. The largest absolute Gasteiger partial charge is 0.351 e. The van der Waals surface area contributed by atoms with Gasteiger partial charge in [-0.25, -0.2) is 0 Å². The van der Waals surface area contributed by atoms with Crippen molar-refractivity contribution in [3.8, 4) is 0 Å². The molecule has 1 aliphatic rings. The maximum Gasteiger partial charge on any atom is 0.246 e. The molecule has 1 aliphatic heterocycles. The van der Waals surface area contributed by atoms with Crippen LogP contribution in [-0.4, -0.2) is 36.3 Å². The number of nitrogens with zero attached hydrogens (tertiary/aromatic N) is 1. The fourth-order valence-corrected chi connectivity index (χ4v) is 1.52. The van der Waals surface area contributed by atoms with Gasteiger partial charge in [0.2, 0.25) is 11.8 Å². The number of carbonyl (C=O) groups is 2. The summed E-state index contributed by atoms with van der Waals surface area (Å²) in [6.07, 6.45) is 3.37. The second-order valence-electron chi connectivity index (χ2n) is 3.71. The second kappa shape index (κ2) is 5.53. The summed E-state index contributed by atoms with van der Waals surface area (Å²) in [5.41, 5.74) is 0.711. The Morgan fingerprint density at radius 2 is 2.33 bits per heavy atom. The van der Waals surface area contributed by atoms with Crippen molar-refractivity contribution in [2.75, 3.05) is 19.6 Å². The van der Waals surface area contributed by atoms with Crippen LogP contribution in [0.4, 0.5) is 0 Å². The van der Waals surface area contributed by atoms with E-state index in [1.807, 2.05) is 6.92 Å². The monoisotopic (exact) mass is 210 g/mol. The molecule has 4 nitrogen and oxygen atoms in total. The van der Waals surface area contributed by atoms with Crippen molar-refractivity contribution in [1.82, 2.24) is 10.2 Å². The molecular weight excluding hydrogens is 192 g/mol. The molecule has 0 atom stereocenters. The molecule has 15 heavy (non-hydrogen) atoms. The van der Waals surface area contributed by atoms with E-state index in [-0.39, 0.29) is 11.8 Å². The van der Waals surface area contributed by atoms with Crippen LogP contribution < -0.4 is 5.32 Å². The van der Waals surface area contributed by atoms with E-state index >= 15 is 0 Å². The van der Waals surface area contributed by atoms with Crippen molar-refractivity contribution in [2.45, 2.75) is 26.7 Å². The average Bonchev–Trinajstić information content (AvgIpc) is 2.63. The molecule has 84 valence electrons. The quantitative estimate of drug-likeness (QED) is 0.694. The van der Waals surface area contributed by atoms with Crippen molar-refractivity contribution >= 4 is 11.8 Å². The Hall–Kier alpha value is -1.32. The fraction of sp³-hybridized carbons (Fsp3) is 0.636. The van der Waals surface area contributed by atoms with Gasteiger partial charge < -0.3 is 10.2 Å². The number of amides is 2. The van der Waals surface area contributed by atoms with Crippen molar-refractivity contribution in [2.24, 2.45) is 0 Å². The van der Waals surface area contributed by atoms with Crippen LogP contribution in [0.5, 0.6) is 0 Å². The molecule has 0 radical (unpaired) electrons. The lowest BCUT2D eigenvalue weighted by atomic mass is 10.3. The predicted octanol–water partition coefficient (Wildman–Crippen LogP) is 0.691. The van der Waals surface area contributed by atoms with Gasteiger partial charge in [0.25, 0.3) is 0 Å². The van der Waals surface area contributed by atoms with Crippen LogP contribution in [0.2, 0.25) is 0 Å². The Morgan fingerprint density at radius 1 is 1.60 bits per heavy atom. The maximum atomic E-state index is 11.3. The van der Waals surface area contributed by atoms with Gasteiger partial charge in [0.15, 0.2) is 0 Å². The van der Waals surface area contributed by atoms with Crippen molar-refractivity contribution < 1.29 is 9.59 Å². The summed E-state index contributed by atoms with van der Waals surface area (Å²) >= 11 is 0. The zero-order valence-electron chi connectivity index (χ0n) is 9.38. The third kappa shape index (κ3) is 3.38. The van der Waals surface area contributed by atoms with Crippen molar-refractivity contribution in [3.05, 3.63) is 11.6 Å². The Bertz CT molecular complexity index is 284. The molecule has 2 amide bonds. The molecule has 0 bridgehead atoms. The van der Waals surface area contributed by atoms with Crippen LogP contribution in [0, 0.1) is 0 Å². The minimum absolute atomic E-state index is 0.0517. The number of likely N-dealkylation sites (tertiary alicyclic amines) is 1. The van der Waals surface area contributed by atoms with Crippen molar-refractivity contribution in [1.29, 1.82) is 0 Å². The number of nitrogens with one attached hydrogen (secondary N) is 1. The van der Waals surface area contributed by atoms with Crippen LogP contribution in [0.25, 0.3) is 0 Å². The molecule has 1 rings (SSSR count). The molecule has 1 heterocycles. The Kier molecular flexibility index (Phi) is 4.34. The lowest BCUT2D eigenvalue weighted by molar-refractivity contribution is -0.128. The number of rotatable bonds is 4. The van der Waals surface area contributed by atoms with E-state index < -0.39 is 0 Å². The number of hydrogen-bond acceptors (Lipinski definition) is 2. The fourth-order valence-electron chi connectivity index (χ4n) is 1.52. The molecule has 0 saturated carbocycles. The van der Waals surface area contributed by atoms with Gasteiger partial charge in [-0.15, -0.1) is 0 Å². The van der Waals surface area contributed by atoms with E-state index in [9.17, 15) is 9.59 Å². The highest BCUT2D eigenvalue weighted by atomic mass is 16.2. The molecular formula is C11H18N2O2. The van der Waals surface area contributed by atoms with E-state index in [0.717, 1.165) is 13.0 Å². The summed E-state index contributed by atoms with van der Waals surface area (Å²) in [5, 5.41) is 2.78. The van der Waals surface area contributed by atoms with Crippen molar-refractivity contribution in [3.63, 3.8) is 0 Å². The third-order valence-electron chi connectivity index (χ3n) is 2.63. The summed E-state index contributed by atoms with van der Waals surface area (Å²) in [7, 11) is 0. The van der Waals surface area contributed by atoms with Crippen LogP contribution >= 0.6 is 0 Å². The minimum Gasteiger partial charge on any atom is -0.351 e. The topological polar surface area (TPSA) is 49.4 Å². The molecule has 0 spiro atoms. The number of carbonyl (C=O) groups excluding carboxylic acids is 2. The van der Waals surface area contributed by atoms with E-state index in [2.05, 4.69) is 5.32 Å². The molecule has 0 aliphatic carbocycles. The first-order valence-electron chi connectivity index (χ1n) is 5.34. The highest BCUT2D eigenvalue weighted by molar-refractivity contribution is 5.92. The standard InChI is InChI=1S/C11H18N2O2/c1-3-9(2)11(15)12-6-8-13-7-4-5-10(13)14/h3H,4-8H2,1-2H3,(H,12,15)/b9-3+. The van der Waals surface area contributed by atoms with Gasteiger partial charge in [-0.05, 0) is 20.3 Å². The van der Waals surface area contributed by atoms with Crippen LogP contribution in [0.1, 0.15) is 26.7 Å². The predicted molar refractivity (Wildman–Crippen MR) is 58.3 cm³/mol. The van der Waals surface area contributed by atoms with Crippen LogP contribution in [-0.2, 0) is 9.59 Å². The third-order valence-corrected chi connectivity index (χ3v) is 2.63. The van der Waals surface area contributed by atoms with E-state index in [1.165, 1.54) is 0 Å². The van der Waals surface area contributed by atoms with Crippen LogP contribution in [0.15, 0.2) is 11.6 Å². The lowest BCUT2D eigenvalue weighted by Gasteiger charge is -2.15. The summed E-state index contributed by atoms with van der Waals surface area (Å²) in [5.74, 6) is 0.149. The van der Waals surface area contributed by atoms with E-state index in [0.29, 0.717) is 25.1 Å². The first-order chi connectivity index (χ1) is 7.15. The summed E-state index contributed by atoms with van der Waals surface area (Å²) in [6.45, 7) is 5.60. The molecule has 1 fully saturated rings. The maximum absolute atomic E-state index is 11.3. The van der Waals surface area contributed by atoms with Gasteiger partial charge in [-0.3, -0.25) is 9.59 Å². The number of allylic oxidation sites excluding steroid dienone is 1. The molecule has 1 saturated heterocycles. The Morgan fingerprint density at radius 3 is 2.87 bits per heavy atom. The minimum atomic E-state index is -0.0517. The van der Waals surface area contributed by atoms with Gasteiger partial charge in [-0.1, -0.05) is 6.08 Å². The van der Waals surface area contributed by atoms with E-state index in [1.54, 1.807) is 17.9 Å². The van der Waals surface area contributed by atoms with Gasteiger partial charge in [0.1, 0.15) is 0 Å². The first-order valence-corrected chi connectivity index (χ1v) is 5.34. The highest BCUT2D eigenvalue weighted by Crippen LogP contribution is 2.07. The zero-order chi connectivity index (χ0) is 11.3. The molecule has 0 aromatic carbocycles. The molecule has 1 N–H and O–H groups in total. The summed E-state index contributed by atoms with van der Waals surface area (Å²) in [4.78, 5) is 24.4. The second-order valence-corrected chi connectivity index (χ2v) is 3.71. The highest BCUT2D eigenvalue weighted by Gasteiger charge is 2.19. The first kappa shape index (κ1) is 11.8. The van der Waals surface area contributed by atoms with Gasteiger partial charge in [0, 0.05) is 31.6 Å². The molecule has 0 unspecified atom stereocenters. The van der Waals surface area contributed by atoms with Gasteiger partial charge in [-0.2, -0.15) is 0 Å². The average molecular weight is 210 g/mol. The van der Waals surface area contributed by atoms with Gasteiger partial charge in [0.05, 0.1) is 0 Å². The number of hydrogen-bond donors (Lipinski definition) is 1. The molecule has 4 heteroatoms. The smallest absolute Gasteiger partial charge is 0.246 e. The Labute approximate surface area is 90.3 Å². The lowest BCUT2D eigenvalue weighted by Crippen LogP contribution is -2.35. The summed E-state index contributed by atoms with van der Waals surface area (Å²) in [6, 6.07) is 0. The van der Waals surface area contributed by atoms with E-state index in [4.69, 9.17) is 0 Å². The zero-order valence-corrected chi connectivity index (χ0v) is 9.38. The summed E-state index contributed by atoms with van der Waals surface area (Å²) < 4.78 is 0. The SMILES string of the molecule is C/C=C(\C)C(=O)NCCN1CCCC1=O. The normalized spacial score (nSPS) is 17.1. The van der Waals surface area contributed by atoms with Crippen LogP contribution in [0.3, 0.4) is 0 Å². The van der Waals surface area contributed by atoms with Gasteiger partial charge >= 0.3 is 0 Å². The molecule has 0 aromatic heterocycles. The molecule has 0 aromatic rings.